The Morgan fingerprint density at radius 1 is 0.875 bits per heavy atom. The predicted octanol–water partition coefficient (Wildman–Crippen LogP) is 1.99. The van der Waals surface area contributed by atoms with E-state index in [-0.39, 0.29) is 0 Å². The molecule has 16 heavy (non-hydrogen) atoms. The SMILES string of the molecule is CCN(CC)C(=S)S(=O)C(=S)N(CC)CC. The molecule has 0 saturated heterocycles. The summed E-state index contributed by atoms with van der Waals surface area (Å²) in [5.74, 6) is 0. The predicted molar refractivity (Wildman–Crippen MR) is 79.2 cm³/mol. The summed E-state index contributed by atoms with van der Waals surface area (Å²) >= 11 is 10.4. The normalized spacial score (nSPS) is 10.3. The molecule has 0 N–H and O–H groups in total. The highest BCUT2D eigenvalue weighted by molar-refractivity contribution is 8.28. The van der Waals surface area contributed by atoms with Crippen LogP contribution in [0.15, 0.2) is 0 Å². The molecule has 0 amide bonds. The second-order valence-corrected chi connectivity index (χ2v) is 5.75. The Balaban J connectivity index is 4.66. The fourth-order valence-electron chi connectivity index (χ4n) is 1.27. The van der Waals surface area contributed by atoms with Gasteiger partial charge in [-0.2, -0.15) is 0 Å². The molecule has 0 bridgehead atoms. The quantitative estimate of drug-likeness (QED) is 0.733. The van der Waals surface area contributed by atoms with Gasteiger partial charge in [-0.1, -0.05) is 0 Å². The first-order valence-electron chi connectivity index (χ1n) is 5.52. The number of thiocarbonyl (C=S) groups is 2. The maximum atomic E-state index is 12.1. The van der Waals surface area contributed by atoms with Crippen molar-refractivity contribution in [3.8, 4) is 0 Å². The van der Waals surface area contributed by atoms with Crippen LogP contribution >= 0.6 is 24.4 Å². The van der Waals surface area contributed by atoms with Gasteiger partial charge in [-0.05, 0) is 52.1 Å². The van der Waals surface area contributed by atoms with E-state index in [4.69, 9.17) is 24.4 Å². The highest BCUT2D eigenvalue weighted by Gasteiger charge is 2.20. The van der Waals surface area contributed by atoms with E-state index in [2.05, 4.69) is 0 Å². The van der Waals surface area contributed by atoms with E-state index in [0.717, 1.165) is 26.2 Å². The minimum atomic E-state index is -1.35. The van der Waals surface area contributed by atoms with Crippen LogP contribution in [0.3, 0.4) is 0 Å². The summed E-state index contributed by atoms with van der Waals surface area (Å²) < 4.78 is 13.0. The van der Waals surface area contributed by atoms with Crippen LogP contribution in [0.25, 0.3) is 0 Å². The van der Waals surface area contributed by atoms with Crippen molar-refractivity contribution in [2.75, 3.05) is 26.2 Å². The Kier molecular flexibility index (Phi) is 8.05. The molecule has 6 heteroatoms. The van der Waals surface area contributed by atoms with Crippen molar-refractivity contribution >= 4 is 43.9 Å². The van der Waals surface area contributed by atoms with E-state index in [9.17, 15) is 4.21 Å². The third-order valence-electron chi connectivity index (χ3n) is 2.36. The van der Waals surface area contributed by atoms with Gasteiger partial charge in [0.05, 0.1) is 0 Å². The Morgan fingerprint density at radius 3 is 1.31 bits per heavy atom. The topological polar surface area (TPSA) is 23.6 Å². The summed E-state index contributed by atoms with van der Waals surface area (Å²) in [4.78, 5) is 3.81. The Hall–Kier alpha value is -0.0700. The molecule has 3 nitrogen and oxygen atoms in total. The standard InChI is InChI=1S/C10H20N2OS3/c1-5-11(6-2)9(14)16(13)10(15)12(7-3)8-4/h5-8H2,1-4H3. The zero-order chi connectivity index (χ0) is 12.7. The molecule has 0 aromatic rings. The first-order valence-corrected chi connectivity index (χ1v) is 7.49. The van der Waals surface area contributed by atoms with Gasteiger partial charge in [0.1, 0.15) is 10.8 Å². The zero-order valence-electron chi connectivity index (χ0n) is 10.4. The zero-order valence-corrected chi connectivity index (χ0v) is 12.8. The lowest BCUT2D eigenvalue weighted by Crippen LogP contribution is -2.40. The van der Waals surface area contributed by atoms with Gasteiger partial charge >= 0.3 is 0 Å². The number of nitrogens with zero attached hydrogens (tertiary/aromatic N) is 2. The van der Waals surface area contributed by atoms with Crippen LogP contribution in [-0.4, -0.2) is 48.8 Å². The summed E-state index contributed by atoms with van der Waals surface area (Å²) in [5.41, 5.74) is 0. The Bertz CT molecular complexity index is 247. The number of rotatable bonds is 4. The molecule has 0 fully saturated rings. The number of hydrogen-bond donors (Lipinski definition) is 0. The molecule has 94 valence electrons. The van der Waals surface area contributed by atoms with E-state index in [1.807, 2.05) is 37.5 Å². The van der Waals surface area contributed by atoms with Gasteiger partial charge in [-0.15, -0.1) is 0 Å². The molecular weight excluding hydrogens is 260 g/mol. The van der Waals surface area contributed by atoms with Gasteiger partial charge < -0.3 is 9.80 Å². The number of hydrogen-bond acceptors (Lipinski definition) is 3. The highest BCUT2D eigenvalue weighted by atomic mass is 32.2. The average Bonchev–Trinajstić information content (AvgIpc) is 2.30. The summed E-state index contributed by atoms with van der Waals surface area (Å²) in [6.07, 6.45) is 0. The van der Waals surface area contributed by atoms with Crippen molar-refractivity contribution in [2.24, 2.45) is 0 Å². The smallest absolute Gasteiger partial charge is 0.174 e. The lowest BCUT2D eigenvalue weighted by atomic mass is 10.6. The highest BCUT2D eigenvalue weighted by Crippen LogP contribution is 2.04. The first-order chi connectivity index (χ1) is 7.53. The molecule has 0 heterocycles. The van der Waals surface area contributed by atoms with E-state index in [1.54, 1.807) is 0 Å². The lowest BCUT2D eigenvalue weighted by molar-refractivity contribution is 0.475. The fourth-order valence-corrected chi connectivity index (χ4v) is 3.56. The molecule has 0 unspecified atom stereocenters. The third-order valence-corrected chi connectivity index (χ3v) is 4.94. The second-order valence-electron chi connectivity index (χ2n) is 3.15. The Labute approximate surface area is 112 Å². The van der Waals surface area contributed by atoms with Crippen LogP contribution in [0.4, 0.5) is 0 Å². The summed E-state index contributed by atoms with van der Waals surface area (Å²) in [5, 5.41) is 0. The summed E-state index contributed by atoms with van der Waals surface area (Å²) in [6.45, 7) is 11.0. The second kappa shape index (κ2) is 8.08. The fraction of sp³-hybridized carbons (Fsp3) is 0.800. The molecule has 0 rings (SSSR count). The van der Waals surface area contributed by atoms with Crippen molar-refractivity contribution in [1.82, 2.24) is 9.80 Å². The van der Waals surface area contributed by atoms with E-state index >= 15 is 0 Å². The van der Waals surface area contributed by atoms with Gasteiger partial charge in [-0.3, -0.25) is 0 Å². The van der Waals surface area contributed by atoms with E-state index in [0.29, 0.717) is 8.64 Å². The Morgan fingerprint density at radius 2 is 1.12 bits per heavy atom. The molecule has 0 aliphatic carbocycles. The molecule has 0 aliphatic heterocycles. The van der Waals surface area contributed by atoms with Crippen LogP contribution in [0.2, 0.25) is 0 Å². The first kappa shape index (κ1) is 15.9. The van der Waals surface area contributed by atoms with Crippen molar-refractivity contribution in [3.63, 3.8) is 0 Å². The maximum absolute atomic E-state index is 12.1. The molecule has 0 aromatic heterocycles. The third kappa shape index (κ3) is 4.07. The van der Waals surface area contributed by atoms with Crippen LogP contribution in [-0.2, 0) is 10.8 Å². The van der Waals surface area contributed by atoms with Crippen LogP contribution in [0.5, 0.6) is 0 Å². The van der Waals surface area contributed by atoms with Crippen molar-refractivity contribution in [1.29, 1.82) is 0 Å². The van der Waals surface area contributed by atoms with Crippen LogP contribution in [0, 0.1) is 0 Å². The van der Waals surface area contributed by atoms with E-state index < -0.39 is 10.8 Å². The van der Waals surface area contributed by atoms with Gasteiger partial charge in [0.15, 0.2) is 8.64 Å². The van der Waals surface area contributed by atoms with Gasteiger partial charge in [0.2, 0.25) is 0 Å². The van der Waals surface area contributed by atoms with Gasteiger partial charge in [-0.25, -0.2) is 4.21 Å². The minimum Gasteiger partial charge on any atom is -0.356 e. The molecule has 0 spiro atoms. The summed E-state index contributed by atoms with van der Waals surface area (Å²) in [6, 6.07) is 0. The van der Waals surface area contributed by atoms with Crippen LogP contribution in [0.1, 0.15) is 27.7 Å². The van der Waals surface area contributed by atoms with E-state index in [1.165, 1.54) is 0 Å². The van der Waals surface area contributed by atoms with Crippen LogP contribution < -0.4 is 0 Å². The monoisotopic (exact) mass is 280 g/mol. The minimum absolute atomic E-state index is 0.446. The largest absolute Gasteiger partial charge is 0.356 e. The van der Waals surface area contributed by atoms with Gasteiger partial charge in [0.25, 0.3) is 0 Å². The van der Waals surface area contributed by atoms with Crippen molar-refractivity contribution in [3.05, 3.63) is 0 Å². The molecular formula is C10H20N2OS3. The lowest BCUT2D eigenvalue weighted by Gasteiger charge is -2.25. The van der Waals surface area contributed by atoms with Gasteiger partial charge in [0, 0.05) is 26.2 Å². The molecule has 0 aliphatic rings. The molecule has 0 radical (unpaired) electrons. The molecule has 0 aromatic carbocycles. The molecule has 0 saturated carbocycles. The van der Waals surface area contributed by atoms with Crippen molar-refractivity contribution < 1.29 is 4.21 Å². The maximum Gasteiger partial charge on any atom is 0.174 e. The average molecular weight is 280 g/mol. The molecule has 0 atom stereocenters. The van der Waals surface area contributed by atoms with Crippen molar-refractivity contribution in [2.45, 2.75) is 27.7 Å². The summed E-state index contributed by atoms with van der Waals surface area (Å²) in [7, 11) is -1.35.